The Balaban J connectivity index is 2.05. The number of amides is 2. The van der Waals surface area contributed by atoms with Crippen LogP contribution in [-0.4, -0.2) is 21.7 Å². The van der Waals surface area contributed by atoms with Crippen LogP contribution in [0.2, 0.25) is 0 Å². The minimum Gasteiger partial charge on any atom is -0.267 e. The van der Waals surface area contributed by atoms with E-state index in [1.807, 2.05) is 0 Å². The fourth-order valence-corrected chi connectivity index (χ4v) is 1.94. The van der Waals surface area contributed by atoms with Gasteiger partial charge in [-0.2, -0.15) is 0 Å². The molecule has 0 spiro atoms. The molecule has 9 heteroatoms. The van der Waals surface area contributed by atoms with Gasteiger partial charge < -0.3 is 0 Å². The predicted molar refractivity (Wildman–Crippen MR) is 80.0 cm³/mol. The van der Waals surface area contributed by atoms with Crippen LogP contribution in [-0.2, 0) is 0 Å². The molecule has 1 aromatic carbocycles. The van der Waals surface area contributed by atoms with Gasteiger partial charge in [-0.3, -0.25) is 35.5 Å². The minimum atomic E-state index is -0.673. The van der Waals surface area contributed by atoms with E-state index in [0.717, 1.165) is 6.07 Å². The van der Waals surface area contributed by atoms with E-state index in [2.05, 4.69) is 31.8 Å². The highest BCUT2D eigenvalue weighted by molar-refractivity contribution is 9.10. The van der Waals surface area contributed by atoms with Crippen LogP contribution < -0.4 is 10.9 Å². The van der Waals surface area contributed by atoms with Crippen molar-refractivity contribution in [2.24, 2.45) is 0 Å². The van der Waals surface area contributed by atoms with Crippen molar-refractivity contribution in [1.29, 1.82) is 0 Å². The Morgan fingerprint density at radius 3 is 2.41 bits per heavy atom. The summed E-state index contributed by atoms with van der Waals surface area (Å²) in [6.45, 7) is 0. The van der Waals surface area contributed by atoms with Crippen LogP contribution in [0.4, 0.5) is 5.69 Å². The van der Waals surface area contributed by atoms with Crippen molar-refractivity contribution < 1.29 is 14.5 Å². The van der Waals surface area contributed by atoms with Gasteiger partial charge in [-0.15, -0.1) is 0 Å². The monoisotopic (exact) mass is 364 g/mol. The number of carbonyl (C=O) groups excluding carboxylic acids is 2. The van der Waals surface area contributed by atoms with Gasteiger partial charge in [-0.1, -0.05) is 0 Å². The summed E-state index contributed by atoms with van der Waals surface area (Å²) in [7, 11) is 0. The molecule has 0 unspecified atom stereocenters. The van der Waals surface area contributed by atoms with E-state index in [9.17, 15) is 19.7 Å². The van der Waals surface area contributed by atoms with Crippen molar-refractivity contribution in [2.75, 3.05) is 0 Å². The zero-order valence-corrected chi connectivity index (χ0v) is 12.5. The van der Waals surface area contributed by atoms with E-state index in [-0.39, 0.29) is 21.3 Å². The van der Waals surface area contributed by atoms with Crippen LogP contribution in [0.25, 0.3) is 0 Å². The second kappa shape index (κ2) is 6.76. The van der Waals surface area contributed by atoms with Crippen LogP contribution in [0.3, 0.4) is 0 Å². The third kappa shape index (κ3) is 3.64. The number of pyridine rings is 1. The van der Waals surface area contributed by atoms with E-state index >= 15 is 0 Å². The first-order valence-electron chi connectivity index (χ1n) is 5.93. The Morgan fingerprint density at radius 2 is 1.82 bits per heavy atom. The van der Waals surface area contributed by atoms with Gasteiger partial charge in [0.15, 0.2) is 0 Å². The molecule has 0 aliphatic rings. The molecule has 1 aromatic heterocycles. The summed E-state index contributed by atoms with van der Waals surface area (Å²) < 4.78 is 0.258. The van der Waals surface area contributed by atoms with Gasteiger partial charge in [-0.05, 0) is 40.2 Å². The molecule has 22 heavy (non-hydrogen) atoms. The summed E-state index contributed by atoms with van der Waals surface area (Å²) in [6.07, 6.45) is 2.85. The molecule has 2 aromatic rings. The first-order valence-corrected chi connectivity index (χ1v) is 6.73. The Bertz CT molecular complexity index is 736. The molecular formula is C13H9BrN4O4. The molecule has 0 saturated heterocycles. The van der Waals surface area contributed by atoms with Gasteiger partial charge in [0.2, 0.25) is 0 Å². The number of carbonyl (C=O) groups is 2. The molecule has 2 rings (SSSR count). The number of aromatic nitrogens is 1. The fourth-order valence-electron chi connectivity index (χ4n) is 1.55. The fraction of sp³-hybridized carbons (Fsp3) is 0. The first-order chi connectivity index (χ1) is 10.5. The average Bonchev–Trinajstić information content (AvgIpc) is 2.53. The number of hydrazine groups is 1. The second-order valence-corrected chi connectivity index (χ2v) is 4.93. The van der Waals surface area contributed by atoms with Crippen molar-refractivity contribution >= 4 is 33.4 Å². The maximum atomic E-state index is 11.9. The minimum absolute atomic E-state index is 0.0430. The Labute approximate surface area is 132 Å². The number of rotatable bonds is 3. The van der Waals surface area contributed by atoms with Crippen LogP contribution in [0, 0.1) is 10.1 Å². The predicted octanol–water partition coefficient (Wildman–Crippen LogP) is 1.83. The molecule has 0 radical (unpaired) electrons. The lowest BCUT2D eigenvalue weighted by Crippen LogP contribution is -2.41. The van der Waals surface area contributed by atoms with Crippen molar-refractivity contribution in [3.05, 3.63) is 68.4 Å². The first kappa shape index (κ1) is 15.6. The molecule has 2 N–H and O–H groups in total. The zero-order valence-electron chi connectivity index (χ0n) is 10.9. The second-order valence-electron chi connectivity index (χ2n) is 4.07. The largest absolute Gasteiger partial charge is 0.284 e. The van der Waals surface area contributed by atoms with Crippen molar-refractivity contribution in [2.45, 2.75) is 0 Å². The van der Waals surface area contributed by atoms with Crippen molar-refractivity contribution in [3.63, 3.8) is 0 Å². The lowest BCUT2D eigenvalue weighted by Gasteiger charge is -2.07. The third-order valence-electron chi connectivity index (χ3n) is 2.62. The summed E-state index contributed by atoms with van der Waals surface area (Å²) in [5.74, 6) is -1.22. The van der Waals surface area contributed by atoms with Gasteiger partial charge >= 0.3 is 0 Å². The highest BCUT2D eigenvalue weighted by Crippen LogP contribution is 2.25. The van der Waals surface area contributed by atoms with Gasteiger partial charge in [0.25, 0.3) is 17.5 Å². The van der Waals surface area contributed by atoms with Crippen molar-refractivity contribution in [3.8, 4) is 0 Å². The molecule has 0 fully saturated rings. The molecule has 0 aliphatic heterocycles. The quantitative estimate of drug-likeness (QED) is 0.636. The number of nitrogens with one attached hydrogen (secondary N) is 2. The summed E-state index contributed by atoms with van der Waals surface area (Å²) in [4.78, 5) is 37.6. The number of nitro groups is 1. The number of halogens is 1. The number of hydrogen-bond acceptors (Lipinski definition) is 5. The molecular weight excluding hydrogens is 356 g/mol. The Morgan fingerprint density at radius 1 is 1.14 bits per heavy atom. The van der Waals surface area contributed by atoms with Gasteiger partial charge in [-0.25, -0.2) is 0 Å². The van der Waals surface area contributed by atoms with Gasteiger partial charge in [0.1, 0.15) is 0 Å². The van der Waals surface area contributed by atoms with Crippen LogP contribution in [0.5, 0.6) is 0 Å². The molecule has 112 valence electrons. The van der Waals surface area contributed by atoms with Gasteiger partial charge in [0.05, 0.1) is 15.0 Å². The molecule has 1 heterocycles. The smallest absolute Gasteiger partial charge is 0.267 e. The highest BCUT2D eigenvalue weighted by Gasteiger charge is 2.16. The number of benzene rings is 1. The van der Waals surface area contributed by atoms with E-state index in [1.165, 1.54) is 30.6 Å². The third-order valence-corrected chi connectivity index (χ3v) is 3.29. The number of hydrogen-bond donors (Lipinski definition) is 2. The molecule has 8 nitrogen and oxygen atoms in total. The standard InChI is InChI=1S/C13H9BrN4O4/c14-10-4-3-8(6-11(10)18(21)22)12(19)16-17-13(20)9-2-1-5-15-7-9/h1-7H,(H,16,19)(H,17,20). The lowest BCUT2D eigenvalue weighted by molar-refractivity contribution is -0.385. The molecule has 2 amide bonds. The summed E-state index contributed by atoms with van der Waals surface area (Å²) in [5, 5.41) is 10.8. The molecule has 0 atom stereocenters. The van der Waals surface area contributed by atoms with Gasteiger partial charge in [0, 0.05) is 24.0 Å². The van der Waals surface area contributed by atoms with E-state index in [1.54, 1.807) is 6.07 Å². The van der Waals surface area contributed by atoms with E-state index in [4.69, 9.17) is 0 Å². The zero-order chi connectivity index (χ0) is 16.1. The molecule has 0 aliphatic carbocycles. The van der Waals surface area contributed by atoms with E-state index in [0.29, 0.717) is 0 Å². The summed E-state index contributed by atoms with van der Waals surface area (Å²) in [5.41, 5.74) is 4.45. The topological polar surface area (TPSA) is 114 Å². The normalized spacial score (nSPS) is 9.86. The molecule has 0 saturated carbocycles. The Hall–Kier alpha value is -2.81. The lowest BCUT2D eigenvalue weighted by atomic mass is 10.2. The summed E-state index contributed by atoms with van der Waals surface area (Å²) >= 11 is 3.02. The van der Waals surface area contributed by atoms with Crippen LogP contribution >= 0.6 is 15.9 Å². The SMILES string of the molecule is O=C(NNC(=O)c1ccc(Br)c([N+](=O)[O-])c1)c1cccnc1. The number of nitro benzene ring substituents is 1. The van der Waals surface area contributed by atoms with Crippen molar-refractivity contribution in [1.82, 2.24) is 15.8 Å². The maximum Gasteiger partial charge on any atom is 0.284 e. The van der Waals surface area contributed by atoms with Crippen LogP contribution in [0.15, 0.2) is 47.2 Å². The maximum absolute atomic E-state index is 11.9. The summed E-state index contributed by atoms with van der Waals surface area (Å²) in [6, 6.07) is 6.99. The number of nitrogens with zero attached hydrogens (tertiary/aromatic N) is 2. The average molecular weight is 365 g/mol. The Kier molecular flexibility index (Phi) is 4.79. The molecule has 0 bridgehead atoms. The highest BCUT2D eigenvalue weighted by atomic mass is 79.9. The van der Waals surface area contributed by atoms with Crippen LogP contribution in [0.1, 0.15) is 20.7 Å². The van der Waals surface area contributed by atoms with E-state index < -0.39 is 16.7 Å².